The number of pyridine rings is 1. The van der Waals surface area contributed by atoms with Crippen LogP contribution in [0.15, 0.2) is 18.3 Å². The minimum atomic E-state index is -0.678. The molecule has 1 atom stereocenters. The Morgan fingerprint density at radius 2 is 2.10 bits per heavy atom. The monoisotopic (exact) mass is 278 g/mol. The highest BCUT2D eigenvalue weighted by Gasteiger charge is 2.22. The van der Waals surface area contributed by atoms with Crippen LogP contribution in [0.2, 0.25) is 0 Å². The van der Waals surface area contributed by atoms with Crippen molar-refractivity contribution < 1.29 is 9.59 Å². The Kier molecular flexibility index (Phi) is 5.96. The maximum Gasteiger partial charge on any atom is 0.252 e. The molecule has 6 heteroatoms. The fourth-order valence-corrected chi connectivity index (χ4v) is 1.71. The van der Waals surface area contributed by atoms with Gasteiger partial charge in [-0.3, -0.25) is 9.59 Å². The highest BCUT2D eigenvalue weighted by Crippen LogP contribution is 2.08. The Hall–Kier alpha value is -2.11. The van der Waals surface area contributed by atoms with Gasteiger partial charge >= 0.3 is 0 Å². The Balaban J connectivity index is 2.78. The molecule has 0 radical (unpaired) electrons. The zero-order chi connectivity index (χ0) is 15.1. The molecule has 1 aromatic rings. The summed E-state index contributed by atoms with van der Waals surface area (Å²) < 4.78 is 0. The van der Waals surface area contributed by atoms with Crippen molar-refractivity contribution in [2.45, 2.75) is 33.2 Å². The Labute approximate surface area is 119 Å². The summed E-state index contributed by atoms with van der Waals surface area (Å²) in [5, 5.41) is 5.75. The van der Waals surface area contributed by atoms with Gasteiger partial charge in [-0.1, -0.05) is 20.8 Å². The summed E-state index contributed by atoms with van der Waals surface area (Å²) in [4.78, 5) is 27.5. The lowest BCUT2D eigenvalue weighted by Gasteiger charge is -2.19. The number of hydrogen-bond acceptors (Lipinski definition) is 4. The summed E-state index contributed by atoms with van der Waals surface area (Å²) >= 11 is 0. The van der Waals surface area contributed by atoms with Crippen LogP contribution in [0.3, 0.4) is 0 Å². The normalized spacial score (nSPS) is 12.0. The minimum Gasteiger partial charge on any atom is -0.370 e. The summed E-state index contributed by atoms with van der Waals surface area (Å²) in [6.07, 6.45) is 2.52. The van der Waals surface area contributed by atoms with E-state index in [4.69, 9.17) is 5.73 Å². The van der Waals surface area contributed by atoms with Crippen LogP contribution in [-0.2, 0) is 4.79 Å². The quantitative estimate of drug-likeness (QED) is 0.696. The number of amides is 2. The molecule has 0 aromatic carbocycles. The van der Waals surface area contributed by atoms with Gasteiger partial charge in [0, 0.05) is 18.3 Å². The van der Waals surface area contributed by atoms with Crippen molar-refractivity contribution in [2.24, 2.45) is 11.7 Å². The average Bonchev–Trinajstić information content (AvgIpc) is 2.41. The van der Waals surface area contributed by atoms with E-state index in [1.54, 1.807) is 18.3 Å². The molecule has 0 spiro atoms. The molecule has 1 rings (SSSR count). The van der Waals surface area contributed by atoms with Crippen LogP contribution >= 0.6 is 0 Å². The first-order valence-electron chi connectivity index (χ1n) is 6.75. The zero-order valence-electron chi connectivity index (χ0n) is 12.1. The van der Waals surface area contributed by atoms with Crippen LogP contribution in [0.25, 0.3) is 0 Å². The standard InChI is InChI=1S/C14H22N4O2/c1-4-6-16-11-8-10(5-7-17-11)14(20)18-12(9(2)3)13(15)19/h5,7-9,12H,4,6H2,1-3H3,(H2,15,19)(H,16,17)(H,18,20). The fraction of sp³-hybridized carbons (Fsp3) is 0.500. The Bertz CT molecular complexity index is 474. The van der Waals surface area contributed by atoms with E-state index in [-0.39, 0.29) is 11.8 Å². The molecule has 0 fully saturated rings. The van der Waals surface area contributed by atoms with Crippen molar-refractivity contribution in [1.82, 2.24) is 10.3 Å². The van der Waals surface area contributed by atoms with Crippen molar-refractivity contribution in [3.63, 3.8) is 0 Å². The molecule has 1 unspecified atom stereocenters. The van der Waals surface area contributed by atoms with Crippen molar-refractivity contribution in [1.29, 1.82) is 0 Å². The van der Waals surface area contributed by atoms with Gasteiger partial charge in [0.2, 0.25) is 5.91 Å². The molecule has 20 heavy (non-hydrogen) atoms. The summed E-state index contributed by atoms with van der Waals surface area (Å²) in [7, 11) is 0. The van der Waals surface area contributed by atoms with E-state index in [1.807, 2.05) is 20.8 Å². The largest absolute Gasteiger partial charge is 0.370 e. The first-order chi connectivity index (χ1) is 9.45. The highest BCUT2D eigenvalue weighted by atomic mass is 16.2. The maximum absolute atomic E-state index is 12.1. The summed E-state index contributed by atoms with van der Waals surface area (Å²) in [6.45, 7) is 6.49. The number of nitrogens with one attached hydrogen (secondary N) is 2. The van der Waals surface area contributed by atoms with Gasteiger partial charge in [-0.25, -0.2) is 4.98 Å². The molecule has 2 amide bonds. The summed E-state index contributed by atoms with van der Waals surface area (Å²) in [6, 6.07) is 2.58. The van der Waals surface area contributed by atoms with E-state index in [0.29, 0.717) is 11.4 Å². The molecule has 1 aromatic heterocycles. The first-order valence-corrected chi connectivity index (χ1v) is 6.75. The highest BCUT2D eigenvalue weighted by molar-refractivity contribution is 5.97. The zero-order valence-corrected chi connectivity index (χ0v) is 12.1. The van der Waals surface area contributed by atoms with Gasteiger partial charge in [0.25, 0.3) is 5.91 Å². The van der Waals surface area contributed by atoms with Crippen molar-refractivity contribution in [2.75, 3.05) is 11.9 Å². The van der Waals surface area contributed by atoms with E-state index in [2.05, 4.69) is 15.6 Å². The number of carbonyl (C=O) groups excluding carboxylic acids is 2. The molecule has 0 aliphatic rings. The van der Waals surface area contributed by atoms with E-state index in [9.17, 15) is 9.59 Å². The predicted molar refractivity (Wildman–Crippen MR) is 78.3 cm³/mol. The van der Waals surface area contributed by atoms with Crippen molar-refractivity contribution in [3.8, 4) is 0 Å². The van der Waals surface area contributed by atoms with Gasteiger partial charge in [0.05, 0.1) is 0 Å². The van der Waals surface area contributed by atoms with E-state index >= 15 is 0 Å². The molecular formula is C14H22N4O2. The number of hydrogen-bond donors (Lipinski definition) is 3. The van der Waals surface area contributed by atoms with Crippen LogP contribution in [0.5, 0.6) is 0 Å². The maximum atomic E-state index is 12.1. The molecule has 110 valence electrons. The smallest absolute Gasteiger partial charge is 0.252 e. The molecule has 0 aliphatic carbocycles. The fourth-order valence-electron chi connectivity index (χ4n) is 1.71. The van der Waals surface area contributed by atoms with Crippen LogP contribution in [0.4, 0.5) is 5.82 Å². The van der Waals surface area contributed by atoms with Crippen molar-refractivity contribution >= 4 is 17.6 Å². The number of nitrogens with two attached hydrogens (primary N) is 1. The van der Waals surface area contributed by atoms with E-state index < -0.39 is 11.9 Å². The van der Waals surface area contributed by atoms with Gasteiger partial charge < -0.3 is 16.4 Å². The molecule has 1 heterocycles. The van der Waals surface area contributed by atoms with Crippen LogP contribution in [-0.4, -0.2) is 29.4 Å². The number of primary amides is 1. The predicted octanol–water partition coefficient (Wildman–Crippen LogP) is 1.14. The lowest BCUT2D eigenvalue weighted by Crippen LogP contribution is -2.47. The van der Waals surface area contributed by atoms with E-state index in [0.717, 1.165) is 13.0 Å². The SMILES string of the molecule is CCCNc1cc(C(=O)NC(C(N)=O)C(C)C)ccn1. The third-order valence-electron chi connectivity index (χ3n) is 2.84. The molecule has 0 saturated heterocycles. The Morgan fingerprint density at radius 3 is 2.65 bits per heavy atom. The van der Waals surface area contributed by atoms with Gasteiger partial charge in [0.15, 0.2) is 0 Å². The Morgan fingerprint density at radius 1 is 1.40 bits per heavy atom. The third-order valence-corrected chi connectivity index (χ3v) is 2.84. The van der Waals surface area contributed by atoms with Gasteiger partial charge in [-0.15, -0.1) is 0 Å². The topological polar surface area (TPSA) is 97.1 Å². The van der Waals surface area contributed by atoms with Gasteiger partial charge in [-0.2, -0.15) is 0 Å². The van der Waals surface area contributed by atoms with Crippen LogP contribution in [0.1, 0.15) is 37.6 Å². The first kappa shape index (κ1) is 15.9. The van der Waals surface area contributed by atoms with E-state index in [1.165, 1.54) is 0 Å². The summed E-state index contributed by atoms with van der Waals surface area (Å²) in [5.41, 5.74) is 5.73. The number of aromatic nitrogens is 1. The third kappa shape index (κ3) is 4.53. The average molecular weight is 278 g/mol. The molecule has 0 aliphatic heterocycles. The lowest BCUT2D eigenvalue weighted by molar-refractivity contribution is -0.120. The second kappa shape index (κ2) is 7.47. The number of anilines is 1. The molecule has 4 N–H and O–H groups in total. The molecule has 0 saturated carbocycles. The minimum absolute atomic E-state index is 0.0593. The molecule has 6 nitrogen and oxygen atoms in total. The summed E-state index contributed by atoms with van der Waals surface area (Å²) in [5.74, 6) is -0.285. The van der Waals surface area contributed by atoms with Crippen molar-refractivity contribution in [3.05, 3.63) is 23.9 Å². The number of nitrogens with zero attached hydrogens (tertiary/aromatic N) is 1. The molecule has 0 bridgehead atoms. The number of carbonyl (C=O) groups is 2. The number of rotatable bonds is 7. The second-order valence-electron chi connectivity index (χ2n) is 4.95. The van der Waals surface area contributed by atoms with Gasteiger partial charge in [-0.05, 0) is 24.5 Å². The second-order valence-corrected chi connectivity index (χ2v) is 4.95. The molecular weight excluding hydrogens is 256 g/mol. The van der Waals surface area contributed by atoms with Crippen LogP contribution in [0, 0.1) is 5.92 Å². The van der Waals surface area contributed by atoms with Crippen LogP contribution < -0.4 is 16.4 Å². The van der Waals surface area contributed by atoms with Gasteiger partial charge in [0.1, 0.15) is 11.9 Å². The lowest BCUT2D eigenvalue weighted by atomic mass is 10.0.